The van der Waals surface area contributed by atoms with Crippen molar-refractivity contribution >= 4 is 0 Å². The number of hydroxylamine groups is 2. The topological polar surface area (TPSA) is 24.4 Å². The molecule has 3 saturated heterocycles. The van der Waals surface area contributed by atoms with E-state index in [9.17, 15) is 0 Å². The number of rotatable bonds is 0. The average Bonchev–Trinajstić information content (AvgIpc) is 1.67. The summed E-state index contributed by atoms with van der Waals surface area (Å²) in [5, 5.41) is 1.91. The minimum Gasteiger partial charge on any atom is -0.336 e. The lowest BCUT2D eigenvalue weighted by Gasteiger charge is -2.30. The molecule has 0 saturated carbocycles. The predicted molar refractivity (Wildman–Crippen MR) is 22.7 cm³/mol. The summed E-state index contributed by atoms with van der Waals surface area (Å²) >= 11 is 0. The van der Waals surface area contributed by atoms with Crippen LogP contribution in [0.2, 0.25) is 0 Å². The molecule has 0 aromatic heterocycles. The molecule has 3 heteroatoms. The van der Waals surface area contributed by atoms with Gasteiger partial charge in [-0.2, -0.15) is 0 Å². The third-order valence-electron chi connectivity index (χ3n) is 1.26. The summed E-state index contributed by atoms with van der Waals surface area (Å²) in [5.41, 5.74) is 0. The van der Waals surface area contributed by atoms with Gasteiger partial charge in [0, 0.05) is 5.06 Å². The molecule has 3 aliphatic heterocycles. The van der Waals surface area contributed by atoms with E-state index in [1.54, 1.807) is 0 Å². The van der Waals surface area contributed by atoms with Crippen molar-refractivity contribution < 1.29 is 9.57 Å². The molecule has 3 rings (SSSR count). The molecule has 2 unspecified atom stereocenters. The van der Waals surface area contributed by atoms with E-state index in [-0.39, 0.29) is 6.29 Å². The van der Waals surface area contributed by atoms with Crippen molar-refractivity contribution in [3.8, 4) is 0 Å². The van der Waals surface area contributed by atoms with Crippen molar-refractivity contribution in [1.29, 1.82) is 0 Å². The van der Waals surface area contributed by atoms with Gasteiger partial charge in [0.1, 0.15) is 6.61 Å². The summed E-state index contributed by atoms with van der Waals surface area (Å²) in [6, 6.07) is 0. The molecule has 3 fully saturated rings. The molecule has 3 aliphatic rings. The van der Waals surface area contributed by atoms with E-state index in [4.69, 9.17) is 9.57 Å². The van der Waals surface area contributed by atoms with Gasteiger partial charge in [0.2, 0.25) is 6.54 Å². The molecule has 0 aromatic carbocycles. The van der Waals surface area contributed by atoms with Gasteiger partial charge in [-0.15, -0.1) is 4.84 Å². The molecule has 7 heavy (non-hydrogen) atoms. The van der Waals surface area contributed by atoms with Crippen LogP contribution in [0.4, 0.5) is 0 Å². The van der Waals surface area contributed by atoms with Gasteiger partial charge in [-0.1, -0.05) is 0 Å². The SMILES string of the molecule is C1C[N+]2CC(O1)O2. The van der Waals surface area contributed by atoms with Crippen LogP contribution in [0.5, 0.6) is 0 Å². The molecular formula is C4H7NO2+. The van der Waals surface area contributed by atoms with Crippen molar-refractivity contribution in [2.45, 2.75) is 6.29 Å². The quantitative estimate of drug-likeness (QED) is 0.381. The van der Waals surface area contributed by atoms with E-state index >= 15 is 0 Å². The highest BCUT2D eigenvalue weighted by Gasteiger charge is 2.44. The fraction of sp³-hybridized carbons (Fsp3) is 1.00. The first-order valence-corrected chi connectivity index (χ1v) is 2.48. The first-order chi connectivity index (χ1) is 3.45. The van der Waals surface area contributed by atoms with Crippen LogP contribution in [0.15, 0.2) is 0 Å². The van der Waals surface area contributed by atoms with Crippen molar-refractivity contribution in [2.24, 2.45) is 0 Å². The highest BCUT2D eigenvalue weighted by molar-refractivity contribution is 4.70. The third-order valence-corrected chi connectivity index (χ3v) is 1.26. The normalized spacial score (nSPS) is 48.0. The van der Waals surface area contributed by atoms with Crippen LogP contribution in [-0.2, 0) is 9.57 Å². The average molecular weight is 101 g/mol. The number of hydrogen-bond donors (Lipinski definition) is 0. The largest absolute Gasteiger partial charge is 0.336 e. The van der Waals surface area contributed by atoms with Gasteiger partial charge in [-0.25, -0.2) is 0 Å². The highest BCUT2D eigenvalue weighted by Crippen LogP contribution is 2.14. The van der Waals surface area contributed by atoms with Gasteiger partial charge in [-0.05, 0) is 0 Å². The second-order valence-corrected chi connectivity index (χ2v) is 1.79. The Bertz CT molecular complexity index is 66.2. The minimum atomic E-state index is 0.105. The highest BCUT2D eigenvalue weighted by atomic mass is 16.8. The zero-order valence-electron chi connectivity index (χ0n) is 3.96. The van der Waals surface area contributed by atoms with E-state index in [1.807, 2.05) is 5.06 Å². The van der Waals surface area contributed by atoms with Crippen LogP contribution in [0.1, 0.15) is 0 Å². The van der Waals surface area contributed by atoms with E-state index < -0.39 is 0 Å². The summed E-state index contributed by atoms with van der Waals surface area (Å²) in [6.07, 6.45) is 0.105. The Hall–Kier alpha value is -0.120. The lowest BCUT2D eigenvalue weighted by atomic mass is 10.4. The molecule has 3 heterocycles. The second-order valence-electron chi connectivity index (χ2n) is 1.79. The molecule has 2 bridgehead atoms. The number of ether oxygens (including phenoxy) is 1. The Labute approximate surface area is 41.8 Å². The van der Waals surface area contributed by atoms with Gasteiger partial charge in [0.05, 0.1) is 0 Å². The summed E-state index contributed by atoms with van der Waals surface area (Å²) in [4.78, 5) is 4.99. The molecule has 0 aliphatic carbocycles. The first-order valence-electron chi connectivity index (χ1n) is 2.48. The van der Waals surface area contributed by atoms with Gasteiger partial charge >= 0.3 is 0 Å². The predicted octanol–water partition coefficient (Wildman–Crippen LogP) is -0.572. The standard InChI is InChI=1S/C4H7NO2/c1-2-6-4-3-5(1)7-4/h4H,1-3H2/q+1. The molecule has 2 atom stereocenters. The molecule has 0 aromatic rings. The Kier molecular flexibility index (Phi) is 0.647. The van der Waals surface area contributed by atoms with Crippen molar-refractivity contribution in [1.82, 2.24) is 5.06 Å². The van der Waals surface area contributed by atoms with Crippen LogP contribution in [0, 0.1) is 0 Å². The van der Waals surface area contributed by atoms with Gasteiger partial charge in [0.15, 0.2) is 6.54 Å². The Balaban J connectivity index is 1.99. The molecule has 0 amide bonds. The van der Waals surface area contributed by atoms with Gasteiger partial charge < -0.3 is 4.74 Å². The van der Waals surface area contributed by atoms with Crippen LogP contribution in [-0.4, -0.2) is 26.0 Å². The molecule has 3 nitrogen and oxygen atoms in total. The fourth-order valence-electron chi connectivity index (χ4n) is 0.837. The summed E-state index contributed by atoms with van der Waals surface area (Å²) < 4.78 is 5.08. The zero-order valence-corrected chi connectivity index (χ0v) is 3.96. The van der Waals surface area contributed by atoms with E-state index in [0.29, 0.717) is 0 Å². The summed E-state index contributed by atoms with van der Waals surface area (Å²) in [7, 11) is 0. The number of morpholine rings is 1. The van der Waals surface area contributed by atoms with Gasteiger partial charge in [-0.3, -0.25) is 0 Å². The number of fused-ring (bicyclic) bond motifs is 2. The van der Waals surface area contributed by atoms with E-state index in [2.05, 4.69) is 0 Å². The minimum absolute atomic E-state index is 0.105. The summed E-state index contributed by atoms with van der Waals surface area (Å²) in [6.45, 7) is 2.75. The molecular weight excluding hydrogens is 94.0 g/mol. The number of nitrogens with zero attached hydrogens (tertiary/aromatic N) is 1. The van der Waals surface area contributed by atoms with Crippen molar-refractivity contribution in [3.05, 3.63) is 0 Å². The maximum absolute atomic E-state index is 5.08. The Morgan fingerprint density at radius 3 is 2.57 bits per heavy atom. The van der Waals surface area contributed by atoms with E-state index in [0.717, 1.165) is 19.7 Å². The van der Waals surface area contributed by atoms with Crippen LogP contribution < -0.4 is 5.06 Å². The zero-order chi connectivity index (χ0) is 4.69. The van der Waals surface area contributed by atoms with Crippen LogP contribution >= 0.6 is 0 Å². The lowest BCUT2D eigenvalue weighted by molar-refractivity contribution is -0.354. The maximum Gasteiger partial charge on any atom is 0.280 e. The monoisotopic (exact) mass is 101 g/mol. The Morgan fingerprint density at radius 2 is 2.43 bits per heavy atom. The first kappa shape index (κ1) is 3.83. The van der Waals surface area contributed by atoms with Crippen LogP contribution in [0.25, 0.3) is 0 Å². The molecule has 39 valence electrons. The van der Waals surface area contributed by atoms with Gasteiger partial charge in [0.25, 0.3) is 6.29 Å². The van der Waals surface area contributed by atoms with E-state index in [1.165, 1.54) is 0 Å². The smallest absolute Gasteiger partial charge is 0.280 e. The maximum atomic E-state index is 5.08. The number of hydrogen-bond acceptors (Lipinski definition) is 3. The molecule has 1 radical (unpaired) electrons. The van der Waals surface area contributed by atoms with Crippen molar-refractivity contribution in [2.75, 3.05) is 19.7 Å². The lowest BCUT2D eigenvalue weighted by Crippen LogP contribution is -2.60. The van der Waals surface area contributed by atoms with Crippen molar-refractivity contribution in [3.63, 3.8) is 0 Å². The van der Waals surface area contributed by atoms with Crippen LogP contribution in [0.3, 0.4) is 0 Å². The molecule has 0 spiro atoms. The third kappa shape index (κ3) is 0.459. The second kappa shape index (κ2) is 1.18. The molecule has 0 N–H and O–H groups in total. The summed E-state index contributed by atoms with van der Waals surface area (Å²) in [5.74, 6) is 0. The fourth-order valence-corrected chi connectivity index (χ4v) is 0.837. The Morgan fingerprint density at radius 1 is 1.57 bits per heavy atom.